The highest BCUT2D eigenvalue weighted by molar-refractivity contribution is 7.10. The van der Waals surface area contributed by atoms with Gasteiger partial charge in [0.05, 0.1) is 5.01 Å². The maximum absolute atomic E-state index is 11.0. The van der Waals surface area contributed by atoms with Crippen molar-refractivity contribution in [2.24, 2.45) is 17.8 Å². The van der Waals surface area contributed by atoms with Gasteiger partial charge in [0.2, 0.25) is 0 Å². The lowest BCUT2D eigenvalue weighted by molar-refractivity contribution is -0.00533. The molecule has 0 radical (unpaired) electrons. The summed E-state index contributed by atoms with van der Waals surface area (Å²) in [7, 11) is 0. The first-order chi connectivity index (χ1) is 8.64. The summed E-state index contributed by atoms with van der Waals surface area (Å²) in [6.45, 7) is 0. The van der Waals surface area contributed by atoms with Crippen molar-refractivity contribution in [2.45, 2.75) is 43.9 Å². The number of nitrogens with zero attached hydrogens (tertiary/aromatic N) is 1. The van der Waals surface area contributed by atoms with Gasteiger partial charge in [-0.25, -0.2) is 9.78 Å². The molecular formula is C14H17NO2S. The van der Waals surface area contributed by atoms with Crippen molar-refractivity contribution in [2.75, 3.05) is 0 Å². The summed E-state index contributed by atoms with van der Waals surface area (Å²) in [5.41, 5.74) is 0.485. The van der Waals surface area contributed by atoms with Crippen LogP contribution in [0.15, 0.2) is 5.38 Å². The van der Waals surface area contributed by atoms with Crippen molar-refractivity contribution >= 4 is 17.3 Å². The van der Waals surface area contributed by atoms with Crippen LogP contribution in [0.5, 0.6) is 0 Å². The van der Waals surface area contributed by atoms with Gasteiger partial charge in [0.1, 0.15) is 0 Å². The summed E-state index contributed by atoms with van der Waals surface area (Å²) < 4.78 is 0. The molecule has 96 valence electrons. The first-order valence-corrected chi connectivity index (χ1v) is 7.72. The molecule has 0 unspecified atom stereocenters. The second-order valence-corrected chi connectivity index (χ2v) is 7.40. The van der Waals surface area contributed by atoms with Crippen LogP contribution in [0.2, 0.25) is 0 Å². The van der Waals surface area contributed by atoms with Gasteiger partial charge in [-0.05, 0) is 56.3 Å². The van der Waals surface area contributed by atoms with E-state index in [1.165, 1.54) is 38.5 Å². The van der Waals surface area contributed by atoms with Crippen LogP contribution >= 0.6 is 11.3 Å². The van der Waals surface area contributed by atoms with Gasteiger partial charge in [-0.1, -0.05) is 0 Å². The SMILES string of the molecule is O=C(O)c1csc(C23CC4CC(CC(C4)C2)C3)n1. The lowest BCUT2D eigenvalue weighted by atomic mass is 9.50. The van der Waals surface area contributed by atoms with Crippen molar-refractivity contribution in [1.82, 2.24) is 4.98 Å². The molecule has 0 aliphatic heterocycles. The number of hydrogen-bond acceptors (Lipinski definition) is 3. The number of carbonyl (C=O) groups is 1. The Hall–Kier alpha value is -0.900. The summed E-state index contributed by atoms with van der Waals surface area (Å²) >= 11 is 1.57. The quantitative estimate of drug-likeness (QED) is 0.890. The minimum atomic E-state index is -0.887. The molecule has 1 heterocycles. The Morgan fingerprint density at radius 1 is 1.22 bits per heavy atom. The standard InChI is InChI=1S/C14H17NO2S/c16-12(17)11-7-18-13(15-11)14-4-8-1-9(5-14)3-10(2-8)6-14/h7-10H,1-6H2,(H,16,17). The van der Waals surface area contributed by atoms with Gasteiger partial charge in [-0.3, -0.25) is 0 Å². The largest absolute Gasteiger partial charge is 0.476 e. The molecule has 0 spiro atoms. The van der Waals surface area contributed by atoms with E-state index in [2.05, 4.69) is 4.98 Å². The molecule has 4 heteroatoms. The van der Waals surface area contributed by atoms with Crippen LogP contribution in [0.4, 0.5) is 0 Å². The van der Waals surface area contributed by atoms with E-state index in [0.29, 0.717) is 0 Å². The minimum Gasteiger partial charge on any atom is -0.476 e. The second kappa shape index (κ2) is 3.56. The van der Waals surface area contributed by atoms with Crippen LogP contribution < -0.4 is 0 Å². The maximum Gasteiger partial charge on any atom is 0.355 e. The number of hydrogen-bond donors (Lipinski definition) is 1. The zero-order valence-electron chi connectivity index (χ0n) is 10.3. The van der Waals surface area contributed by atoms with E-state index in [0.717, 1.165) is 22.8 Å². The van der Waals surface area contributed by atoms with Crippen LogP contribution in [-0.2, 0) is 5.41 Å². The predicted octanol–water partition coefficient (Wildman–Crippen LogP) is 3.31. The molecule has 5 rings (SSSR count). The number of carboxylic acids is 1. The third-order valence-corrected chi connectivity index (χ3v) is 6.30. The zero-order chi connectivity index (χ0) is 12.3. The van der Waals surface area contributed by atoms with Crippen molar-refractivity contribution in [3.8, 4) is 0 Å². The van der Waals surface area contributed by atoms with Gasteiger partial charge in [-0.2, -0.15) is 0 Å². The Morgan fingerprint density at radius 2 is 1.78 bits per heavy atom. The van der Waals surface area contributed by atoms with Crippen LogP contribution in [-0.4, -0.2) is 16.1 Å². The topological polar surface area (TPSA) is 50.2 Å². The first-order valence-electron chi connectivity index (χ1n) is 6.84. The minimum absolute atomic E-state index is 0.241. The van der Waals surface area contributed by atoms with E-state index in [1.54, 1.807) is 16.7 Å². The molecule has 4 saturated carbocycles. The van der Waals surface area contributed by atoms with E-state index >= 15 is 0 Å². The molecule has 1 N–H and O–H groups in total. The molecular weight excluding hydrogens is 246 g/mol. The Bertz CT molecular complexity index is 472. The zero-order valence-corrected chi connectivity index (χ0v) is 11.1. The van der Waals surface area contributed by atoms with E-state index in [4.69, 9.17) is 5.11 Å². The lowest BCUT2D eigenvalue weighted by Gasteiger charge is -2.56. The summed E-state index contributed by atoms with van der Waals surface area (Å²) in [6, 6.07) is 0. The summed E-state index contributed by atoms with van der Waals surface area (Å²) in [5.74, 6) is 1.76. The monoisotopic (exact) mass is 263 g/mol. The van der Waals surface area contributed by atoms with E-state index in [-0.39, 0.29) is 11.1 Å². The van der Waals surface area contributed by atoms with Gasteiger partial charge in [-0.15, -0.1) is 11.3 Å². The highest BCUT2D eigenvalue weighted by Gasteiger charge is 2.53. The van der Waals surface area contributed by atoms with Crippen molar-refractivity contribution in [3.63, 3.8) is 0 Å². The molecule has 1 aromatic rings. The lowest BCUT2D eigenvalue weighted by Crippen LogP contribution is -2.48. The van der Waals surface area contributed by atoms with Gasteiger partial charge in [0, 0.05) is 10.8 Å². The van der Waals surface area contributed by atoms with Gasteiger partial charge < -0.3 is 5.11 Å². The van der Waals surface area contributed by atoms with E-state index < -0.39 is 5.97 Å². The van der Waals surface area contributed by atoms with Crippen molar-refractivity contribution in [1.29, 1.82) is 0 Å². The van der Waals surface area contributed by atoms with Gasteiger partial charge in [0.15, 0.2) is 5.69 Å². The Labute approximate surface area is 110 Å². The van der Waals surface area contributed by atoms with Crippen LogP contribution in [0.1, 0.15) is 54.0 Å². The number of rotatable bonds is 2. The summed E-state index contributed by atoms with van der Waals surface area (Å²) in [5, 5.41) is 11.9. The smallest absolute Gasteiger partial charge is 0.355 e. The van der Waals surface area contributed by atoms with Crippen molar-refractivity contribution in [3.05, 3.63) is 16.1 Å². The third-order valence-electron chi connectivity index (χ3n) is 5.22. The van der Waals surface area contributed by atoms with Gasteiger partial charge >= 0.3 is 5.97 Å². The molecule has 4 aliphatic carbocycles. The maximum atomic E-state index is 11.0. The molecule has 0 aromatic carbocycles. The van der Waals surface area contributed by atoms with E-state index in [9.17, 15) is 4.79 Å². The normalized spacial score (nSPS) is 41.2. The highest BCUT2D eigenvalue weighted by atomic mass is 32.1. The molecule has 4 aliphatic rings. The molecule has 0 atom stereocenters. The fourth-order valence-electron chi connectivity index (χ4n) is 4.99. The molecule has 18 heavy (non-hydrogen) atoms. The Morgan fingerprint density at radius 3 is 2.22 bits per heavy atom. The van der Waals surface area contributed by atoms with Gasteiger partial charge in [0.25, 0.3) is 0 Å². The fraction of sp³-hybridized carbons (Fsp3) is 0.714. The summed E-state index contributed by atoms with van der Waals surface area (Å²) in [4.78, 5) is 15.4. The predicted molar refractivity (Wildman–Crippen MR) is 68.9 cm³/mol. The first kappa shape index (κ1) is 11.0. The number of thiazole rings is 1. The van der Waals surface area contributed by atoms with E-state index in [1.807, 2.05) is 0 Å². The molecule has 4 bridgehead atoms. The second-order valence-electron chi connectivity index (χ2n) is 6.54. The van der Waals surface area contributed by atoms with Crippen LogP contribution in [0.3, 0.4) is 0 Å². The Balaban J connectivity index is 1.72. The molecule has 4 fully saturated rings. The van der Waals surface area contributed by atoms with Crippen LogP contribution in [0, 0.1) is 17.8 Å². The molecule has 1 aromatic heterocycles. The third kappa shape index (κ3) is 1.48. The number of carboxylic acid groups (broad SMARTS) is 1. The molecule has 0 amide bonds. The average Bonchev–Trinajstić information content (AvgIpc) is 2.76. The van der Waals surface area contributed by atoms with Crippen molar-refractivity contribution < 1.29 is 9.90 Å². The number of aromatic nitrogens is 1. The molecule has 0 saturated heterocycles. The average molecular weight is 263 g/mol. The summed E-state index contributed by atoms with van der Waals surface area (Å²) in [6.07, 6.45) is 8.01. The number of aromatic carboxylic acids is 1. The molecule has 3 nitrogen and oxygen atoms in total. The highest BCUT2D eigenvalue weighted by Crippen LogP contribution is 2.61. The van der Waals surface area contributed by atoms with Crippen LogP contribution in [0.25, 0.3) is 0 Å². The fourth-order valence-corrected chi connectivity index (χ4v) is 6.02. The Kier molecular flexibility index (Phi) is 2.17.